The summed E-state index contributed by atoms with van der Waals surface area (Å²) in [5.41, 5.74) is 0. The molecule has 0 saturated heterocycles. The Hall–Kier alpha value is -1.49. The summed E-state index contributed by atoms with van der Waals surface area (Å²) in [7, 11) is 2.01. The van der Waals surface area contributed by atoms with Crippen molar-refractivity contribution in [3.05, 3.63) is 29.0 Å². The summed E-state index contributed by atoms with van der Waals surface area (Å²) in [4.78, 5) is 1.21. The van der Waals surface area contributed by atoms with Gasteiger partial charge in [0, 0.05) is 5.38 Å². The van der Waals surface area contributed by atoms with E-state index in [1.54, 1.807) is 11.3 Å². The average molecular weight is 237 g/mol. The van der Waals surface area contributed by atoms with Crippen molar-refractivity contribution in [1.82, 2.24) is 4.57 Å². The van der Waals surface area contributed by atoms with Crippen molar-refractivity contribution in [2.24, 2.45) is 7.05 Å². The lowest BCUT2D eigenvalue weighted by Crippen LogP contribution is -2.23. The number of ether oxygens (including phenoxy) is 2. The second-order valence-electron chi connectivity index (χ2n) is 3.80. The van der Waals surface area contributed by atoms with Gasteiger partial charge in [0.25, 0.3) is 0 Å². The van der Waals surface area contributed by atoms with Crippen molar-refractivity contribution >= 4 is 11.3 Å². The molecule has 1 aliphatic heterocycles. The molecule has 1 aliphatic rings. The Bertz CT molecular complexity index is 504. The lowest BCUT2D eigenvalue weighted by atomic mass is 10.4. The molecule has 0 N–H and O–H groups in total. The summed E-state index contributed by atoms with van der Waals surface area (Å²) in [5.74, 6) is 1.82. The molecule has 0 bridgehead atoms. The van der Waals surface area contributed by atoms with Gasteiger partial charge in [-0.25, -0.2) is 9.13 Å². The summed E-state index contributed by atoms with van der Waals surface area (Å²) in [6, 6.07) is 0. The zero-order valence-electron chi connectivity index (χ0n) is 9.05. The fourth-order valence-corrected chi connectivity index (χ4v) is 2.70. The van der Waals surface area contributed by atoms with Crippen LogP contribution in [0.25, 0.3) is 0 Å². The van der Waals surface area contributed by atoms with Crippen LogP contribution in [-0.4, -0.2) is 17.8 Å². The largest absolute Gasteiger partial charge is 0.485 e. The van der Waals surface area contributed by atoms with Gasteiger partial charge in [0.1, 0.15) is 32.2 Å². The van der Waals surface area contributed by atoms with Gasteiger partial charge in [0.05, 0.1) is 11.9 Å². The molecule has 3 heterocycles. The van der Waals surface area contributed by atoms with E-state index in [9.17, 15) is 0 Å². The van der Waals surface area contributed by atoms with Gasteiger partial charge < -0.3 is 9.47 Å². The van der Waals surface area contributed by atoms with Crippen LogP contribution in [0, 0.1) is 0 Å². The summed E-state index contributed by atoms with van der Waals surface area (Å²) in [5, 5.41) is 2.02. The lowest BCUT2D eigenvalue weighted by molar-refractivity contribution is -0.671. The highest BCUT2D eigenvalue weighted by Gasteiger charge is 2.19. The van der Waals surface area contributed by atoms with Crippen molar-refractivity contribution in [2.75, 3.05) is 13.2 Å². The summed E-state index contributed by atoms with van der Waals surface area (Å²) < 4.78 is 15.3. The first kappa shape index (κ1) is 9.72. The minimum absolute atomic E-state index is 0.649. The zero-order valence-corrected chi connectivity index (χ0v) is 9.87. The number of hydrogen-bond acceptors (Lipinski definition) is 3. The van der Waals surface area contributed by atoms with Gasteiger partial charge in [-0.3, -0.25) is 0 Å². The fourth-order valence-electron chi connectivity index (χ4n) is 1.79. The molecule has 0 radical (unpaired) electrons. The van der Waals surface area contributed by atoms with Crippen LogP contribution in [0.4, 0.5) is 0 Å². The Labute approximate surface area is 97.7 Å². The van der Waals surface area contributed by atoms with Gasteiger partial charge in [-0.15, -0.1) is 11.3 Å². The number of aryl methyl sites for hydroxylation is 1. The zero-order chi connectivity index (χ0) is 11.0. The number of rotatable bonds is 2. The Balaban J connectivity index is 1.87. The molecule has 3 rings (SSSR count). The molecule has 0 unspecified atom stereocenters. The summed E-state index contributed by atoms with van der Waals surface area (Å²) >= 11 is 1.69. The van der Waals surface area contributed by atoms with E-state index in [4.69, 9.17) is 9.47 Å². The SMILES string of the molecule is C[n+]1ccn(Cc2scc3c2OCCO3)c1. The predicted octanol–water partition coefficient (Wildman–Crippen LogP) is 1.19. The van der Waals surface area contributed by atoms with Crippen LogP contribution in [0.5, 0.6) is 11.5 Å². The topological polar surface area (TPSA) is 27.3 Å². The first-order chi connectivity index (χ1) is 7.83. The number of fused-ring (bicyclic) bond motifs is 1. The molecule has 2 aromatic rings. The Morgan fingerprint density at radius 1 is 1.44 bits per heavy atom. The van der Waals surface area contributed by atoms with Crippen LogP contribution in [0.1, 0.15) is 4.88 Å². The van der Waals surface area contributed by atoms with Crippen molar-refractivity contribution in [1.29, 1.82) is 0 Å². The maximum absolute atomic E-state index is 5.64. The van der Waals surface area contributed by atoms with Crippen LogP contribution < -0.4 is 14.0 Å². The monoisotopic (exact) mass is 237 g/mol. The van der Waals surface area contributed by atoms with Gasteiger partial charge in [-0.1, -0.05) is 0 Å². The fraction of sp³-hybridized carbons (Fsp3) is 0.364. The van der Waals surface area contributed by atoms with Crippen LogP contribution in [0.3, 0.4) is 0 Å². The van der Waals surface area contributed by atoms with Crippen LogP contribution in [0.15, 0.2) is 24.1 Å². The first-order valence-corrected chi connectivity index (χ1v) is 6.08. The summed E-state index contributed by atoms with van der Waals surface area (Å²) in [6.07, 6.45) is 6.13. The molecular weight excluding hydrogens is 224 g/mol. The Morgan fingerprint density at radius 3 is 3.12 bits per heavy atom. The van der Waals surface area contributed by atoms with Gasteiger partial charge >= 0.3 is 0 Å². The molecule has 0 aromatic carbocycles. The van der Waals surface area contributed by atoms with E-state index in [1.807, 2.05) is 23.2 Å². The molecule has 84 valence electrons. The highest BCUT2D eigenvalue weighted by Crippen LogP contribution is 2.39. The minimum Gasteiger partial charge on any atom is -0.485 e. The molecule has 0 spiro atoms. The van der Waals surface area contributed by atoms with Crippen LogP contribution >= 0.6 is 11.3 Å². The molecular formula is C11H13N2O2S+. The number of aromatic nitrogens is 2. The lowest BCUT2D eigenvalue weighted by Gasteiger charge is -2.15. The second-order valence-corrected chi connectivity index (χ2v) is 4.76. The highest BCUT2D eigenvalue weighted by atomic mass is 32.1. The van der Waals surface area contributed by atoms with E-state index in [-0.39, 0.29) is 0 Å². The summed E-state index contributed by atoms with van der Waals surface area (Å²) in [6.45, 7) is 2.14. The number of hydrogen-bond donors (Lipinski definition) is 0. The molecule has 5 heteroatoms. The van der Waals surface area contributed by atoms with Crippen molar-refractivity contribution < 1.29 is 14.0 Å². The Morgan fingerprint density at radius 2 is 2.31 bits per heavy atom. The molecule has 0 aliphatic carbocycles. The minimum atomic E-state index is 0.649. The molecule has 0 amide bonds. The number of thiophene rings is 1. The quantitative estimate of drug-likeness (QED) is 0.734. The standard InChI is InChI=1S/C11H13N2O2S/c1-12-2-3-13(8-12)6-10-11-9(7-16-10)14-4-5-15-11/h2-3,7-8H,4-6H2,1H3/q+1. The van der Waals surface area contributed by atoms with Crippen molar-refractivity contribution in [2.45, 2.75) is 6.54 Å². The van der Waals surface area contributed by atoms with Crippen molar-refractivity contribution in [3.63, 3.8) is 0 Å². The third kappa shape index (κ3) is 1.67. The van der Waals surface area contributed by atoms with E-state index < -0.39 is 0 Å². The van der Waals surface area contributed by atoms with Gasteiger partial charge in [0.15, 0.2) is 11.5 Å². The van der Waals surface area contributed by atoms with Gasteiger partial charge in [-0.2, -0.15) is 0 Å². The molecule has 0 fully saturated rings. The Kier molecular flexibility index (Phi) is 2.32. The molecule has 0 atom stereocenters. The normalized spacial score (nSPS) is 14.1. The van der Waals surface area contributed by atoms with Crippen LogP contribution in [0.2, 0.25) is 0 Å². The predicted molar refractivity (Wildman–Crippen MR) is 60.0 cm³/mol. The first-order valence-electron chi connectivity index (χ1n) is 5.20. The van der Waals surface area contributed by atoms with Gasteiger partial charge in [-0.05, 0) is 0 Å². The second kappa shape index (κ2) is 3.83. The van der Waals surface area contributed by atoms with Crippen LogP contribution in [-0.2, 0) is 13.6 Å². The molecule has 0 saturated carbocycles. The van der Waals surface area contributed by atoms with Gasteiger partial charge in [0.2, 0.25) is 6.33 Å². The maximum atomic E-state index is 5.64. The molecule has 2 aromatic heterocycles. The van der Waals surface area contributed by atoms with E-state index in [0.717, 1.165) is 18.0 Å². The average Bonchev–Trinajstić information content (AvgIpc) is 2.87. The van der Waals surface area contributed by atoms with E-state index in [0.29, 0.717) is 13.2 Å². The number of imidazole rings is 1. The van der Waals surface area contributed by atoms with E-state index in [2.05, 4.69) is 17.1 Å². The molecule has 16 heavy (non-hydrogen) atoms. The number of nitrogens with zero attached hydrogens (tertiary/aromatic N) is 2. The maximum Gasteiger partial charge on any atom is 0.243 e. The highest BCUT2D eigenvalue weighted by molar-refractivity contribution is 7.10. The smallest absolute Gasteiger partial charge is 0.243 e. The third-order valence-corrected chi connectivity index (χ3v) is 3.45. The van der Waals surface area contributed by atoms with E-state index >= 15 is 0 Å². The molecule has 4 nitrogen and oxygen atoms in total. The van der Waals surface area contributed by atoms with E-state index in [1.165, 1.54) is 4.88 Å². The van der Waals surface area contributed by atoms with Crippen molar-refractivity contribution in [3.8, 4) is 11.5 Å². The third-order valence-electron chi connectivity index (χ3n) is 2.52.